The molecule has 0 spiro atoms. The first-order valence-electron chi connectivity index (χ1n) is 7.22. The Morgan fingerprint density at radius 3 is 2.58 bits per heavy atom. The summed E-state index contributed by atoms with van der Waals surface area (Å²) < 4.78 is 10.5. The summed E-state index contributed by atoms with van der Waals surface area (Å²) in [6.07, 6.45) is 1.52. The minimum atomic E-state index is -0.346. The lowest BCUT2D eigenvalue weighted by atomic mass is 10.2. The predicted octanol–water partition coefficient (Wildman–Crippen LogP) is 2.14. The van der Waals surface area contributed by atoms with Crippen LogP contribution in [-0.2, 0) is 4.79 Å². The fourth-order valence-electron chi connectivity index (χ4n) is 2.13. The molecular formula is C17H15N3O4. The number of hydrogen-bond donors (Lipinski definition) is 2. The second kappa shape index (κ2) is 6.82. The Hall–Kier alpha value is -3.35. The van der Waals surface area contributed by atoms with Crippen LogP contribution in [0.4, 0.5) is 5.69 Å². The Balaban J connectivity index is 1.59. The van der Waals surface area contributed by atoms with Crippen LogP contribution in [-0.4, -0.2) is 24.8 Å². The SMILES string of the molecule is CC(=O)Nc1ccc(C(=O)NN=Cc2ccc3c(c2)OCO3)cc1. The van der Waals surface area contributed by atoms with Gasteiger partial charge in [-0.15, -0.1) is 0 Å². The van der Waals surface area contributed by atoms with Crippen molar-refractivity contribution in [2.45, 2.75) is 6.92 Å². The van der Waals surface area contributed by atoms with Crippen molar-refractivity contribution in [3.8, 4) is 11.5 Å². The predicted molar refractivity (Wildman–Crippen MR) is 88.4 cm³/mol. The molecule has 0 aromatic heterocycles. The van der Waals surface area contributed by atoms with Gasteiger partial charge in [-0.3, -0.25) is 9.59 Å². The summed E-state index contributed by atoms with van der Waals surface area (Å²) in [6, 6.07) is 11.9. The first-order chi connectivity index (χ1) is 11.6. The summed E-state index contributed by atoms with van der Waals surface area (Å²) in [5.74, 6) is 0.830. The van der Waals surface area contributed by atoms with E-state index in [2.05, 4.69) is 15.8 Å². The fourth-order valence-corrected chi connectivity index (χ4v) is 2.13. The van der Waals surface area contributed by atoms with Gasteiger partial charge in [0.2, 0.25) is 12.7 Å². The molecule has 2 amide bonds. The highest BCUT2D eigenvalue weighted by Gasteiger charge is 2.12. The van der Waals surface area contributed by atoms with Crippen molar-refractivity contribution < 1.29 is 19.1 Å². The molecule has 1 aliphatic rings. The minimum Gasteiger partial charge on any atom is -0.454 e. The normalized spacial score (nSPS) is 12.2. The third kappa shape index (κ3) is 3.70. The number of nitrogens with one attached hydrogen (secondary N) is 2. The maximum absolute atomic E-state index is 12.0. The van der Waals surface area contributed by atoms with Gasteiger partial charge in [-0.2, -0.15) is 5.10 Å². The lowest BCUT2D eigenvalue weighted by Gasteiger charge is -2.03. The minimum absolute atomic E-state index is 0.166. The highest BCUT2D eigenvalue weighted by atomic mass is 16.7. The molecule has 7 heteroatoms. The van der Waals surface area contributed by atoms with Gasteiger partial charge in [0.15, 0.2) is 11.5 Å². The summed E-state index contributed by atoms with van der Waals surface area (Å²) in [4.78, 5) is 23.0. The van der Waals surface area contributed by atoms with Gasteiger partial charge in [0.05, 0.1) is 6.21 Å². The molecule has 0 fully saturated rings. The monoisotopic (exact) mass is 325 g/mol. The fraction of sp³-hybridized carbons (Fsp3) is 0.118. The van der Waals surface area contributed by atoms with Crippen molar-refractivity contribution in [3.05, 3.63) is 53.6 Å². The number of hydrogen-bond acceptors (Lipinski definition) is 5. The highest BCUT2D eigenvalue weighted by Crippen LogP contribution is 2.31. The second-order valence-corrected chi connectivity index (χ2v) is 5.07. The third-order valence-corrected chi connectivity index (χ3v) is 3.24. The van der Waals surface area contributed by atoms with Crippen LogP contribution >= 0.6 is 0 Å². The quantitative estimate of drug-likeness (QED) is 0.666. The molecule has 0 atom stereocenters. The van der Waals surface area contributed by atoms with E-state index in [1.165, 1.54) is 13.1 Å². The number of ether oxygens (including phenoxy) is 2. The molecule has 2 N–H and O–H groups in total. The van der Waals surface area contributed by atoms with Gasteiger partial charge >= 0.3 is 0 Å². The Kier molecular flexibility index (Phi) is 4.42. The Morgan fingerprint density at radius 2 is 1.83 bits per heavy atom. The van der Waals surface area contributed by atoms with E-state index in [4.69, 9.17) is 9.47 Å². The van der Waals surface area contributed by atoms with Crippen molar-refractivity contribution in [1.29, 1.82) is 0 Å². The van der Waals surface area contributed by atoms with Crippen molar-refractivity contribution in [2.75, 3.05) is 12.1 Å². The first-order valence-corrected chi connectivity index (χ1v) is 7.22. The zero-order chi connectivity index (χ0) is 16.9. The van der Waals surface area contributed by atoms with Crippen LogP contribution in [0.3, 0.4) is 0 Å². The van der Waals surface area contributed by atoms with Crippen molar-refractivity contribution in [1.82, 2.24) is 5.43 Å². The van der Waals surface area contributed by atoms with E-state index < -0.39 is 0 Å². The number of fused-ring (bicyclic) bond motifs is 1. The molecule has 3 rings (SSSR count). The van der Waals surface area contributed by atoms with Crippen molar-refractivity contribution >= 4 is 23.7 Å². The van der Waals surface area contributed by atoms with E-state index >= 15 is 0 Å². The summed E-state index contributed by atoms with van der Waals surface area (Å²) in [6.45, 7) is 1.63. The highest BCUT2D eigenvalue weighted by molar-refractivity contribution is 5.96. The molecule has 0 unspecified atom stereocenters. The number of benzene rings is 2. The van der Waals surface area contributed by atoms with E-state index in [9.17, 15) is 9.59 Å². The topological polar surface area (TPSA) is 89.0 Å². The second-order valence-electron chi connectivity index (χ2n) is 5.07. The molecule has 7 nitrogen and oxygen atoms in total. The average molecular weight is 325 g/mol. The Bertz CT molecular complexity index is 800. The molecule has 2 aromatic carbocycles. The average Bonchev–Trinajstić information content (AvgIpc) is 3.02. The molecule has 1 aliphatic heterocycles. The van der Waals surface area contributed by atoms with Gasteiger partial charge in [-0.25, -0.2) is 5.43 Å². The summed E-state index contributed by atoms with van der Waals surface area (Å²) in [5.41, 5.74) is 4.29. The van der Waals surface area contributed by atoms with Crippen LogP contribution in [0.1, 0.15) is 22.8 Å². The van der Waals surface area contributed by atoms with Gasteiger partial charge in [0, 0.05) is 18.2 Å². The maximum atomic E-state index is 12.0. The maximum Gasteiger partial charge on any atom is 0.271 e. The summed E-state index contributed by atoms with van der Waals surface area (Å²) >= 11 is 0. The number of hydrazone groups is 1. The van der Waals surface area contributed by atoms with Gasteiger partial charge in [0.1, 0.15) is 0 Å². The molecule has 0 bridgehead atoms. The van der Waals surface area contributed by atoms with Crippen LogP contribution in [0.15, 0.2) is 47.6 Å². The molecule has 0 saturated carbocycles. The number of carbonyl (C=O) groups is 2. The largest absolute Gasteiger partial charge is 0.454 e. The van der Waals surface area contributed by atoms with Crippen molar-refractivity contribution in [3.63, 3.8) is 0 Å². The number of carbonyl (C=O) groups excluding carboxylic acids is 2. The van der Waals surface area contributed by atoms with Gasteiger partial charge in [-0.05, 0) is 48.0 Å². The Morgan fingerprint density at radius 1 is 1.08 bits per heavy atom. The van der Waals surface area contributed by atoms with Crippen LogP contribution in [0.5, 0.6) is 11.5 Å². The number of anilines is 1. The molecule has 1 heterocycles. The zero-order valence-corrected chi connectivity index (χ0v) is 12.9. The number of nitrogens with zero attached hydrogens (tertiary/aromatic N) is 1. The van der Waals surface area contributed by atoms with Gasteiger partial charge < -0.3 is 14.8 Å². The summed E-state index contributed by atoms with van der Waals surface area (Å²) in [7, 11) is 0. The zero-order valence-electron chi connectivity index (χ0n) is 12.9. The standard InChI is InChI=1S/C17H15N3O4/c1-11(21)19-14-5-3-13(4-6-14)17(22)20-18-9-12-2-7-15-16(8-12)24-10-23-15/h2-9H,10H2,1H3,(H,19,21)(H,20,22). The van der Waals surface area contributed by atoms with E-state index in [1.54, 1.807) is 36.4 Å². The number of amides is 2. The van der Waals surface area contributed by atoms with Gasteiger partial charge in [0.25, 0.3) is 5.91 Å². The molecule has 0 aliphatic carbocycles. The lowest BCUT2D eigenvalue weighted by Crippen LogP contribution is -2.17. The van der Waals surface area contributed by atoms with E-state index in [0.717, 1.165) is 5.56 Å². The molecule has 24 heavy (non-hydrogen) atoms. The Labute approximate surface area is 138 Å². The third-order valence-electron chi connectivity index (χ3n) is 3.24. The molecule has 2 aromatic rings. The van der Waals surface area contributed by atoms with E-state index in [0.29, 0.717) is 22.7 Å². The van der Waals surface area contributed by atoms with Crippen molar-refractivity contribution in [2.24, 2.45) is 5.10 Å². The lowest BCUT2D eigenvalue weighted by molar-refractivity contribution is -0.114. The van der Waals surface area contributed by atoms with Crippen LogP contribution in [0.25, 0.3) is 0 Å². The summed E-state index contributed by atoms with van der Waals surface area (Å²) in [5, 5.41) is 6.56. The van der Waals surface area contributed by atoms with Crippen LogP contribution < -0.4 is 20.2 Å². The van der Waals surface area contributed by atoms with Gasteiger partial charge in [-0.1, -0.05) is 0 Å². The number of rotatable bonds is 4. The smallest absolute Gasteiger partial charge is 0.271 e. The molecular weight excluding hydrogens is 310 g/mol. The molecule has 0 saturated heterocycles. The first kappa shape index (κ1) is 15.5. The van der Waals surface area contributed by atoms with Crippen LogP contribution in [0, 0.1) is 0 Å². The van der Waals surface area contributed by atoms with Crippen LogP contribution in [0.2, 0.25) is 0 Å². The van der Waals surface area contributed by atoms with E-state index in [-0.39, 0.29) is 18.6 Å². The van der Waals surface area contributed by atoms with E-state index in [1.807, 2.05) is 6.07 Å². The molecule has 122 valence electrons. The molecule has 0 radical (unpaired) electrons.